The molecule has 0 heterocycles. The zero-order valence-corrected chi connectivity index (χ0v) is 9.40. The molecule has 0 unspecified atom stereocenters. The lowest BCUT2D eigenvalue weighted by Gasteiger charge is -2.10. The van der Waals surface area contributed by atoms with Gasteiger partial charge in [0.05, 0.1) is 0 Å². The van der Waals surface area contributed by atoms with Crippen molar-refractivity contribution in [3.8, 4) is 0 Å². The van der Waals surface area contributed by atoms with Crippen LogP contribution in [0.25, 0.3) is 29.0 Å². The summed E-state index contributed by atoms with van der Waals surface area (Å²) in [6.45, 7) is 0. The van der Waals surface area contributed by atoms with E-state index in [9.17, 15) is 0 Å². The van der Waals surface area contributed by atoms with Gasteiger partial charge in [0.25, 0.3) is 0 Å². The lowest BCUT2D eigenvalue weighted by molar-refractivity contribution is 1.25. The standard InChI is InChI=1S/C17H11/c1-2-6-14-12(4-1)8-10-17-15-7-3-5-13(15)9-11-16(14)17/h1-3,5,7-11H,6H2. The van der Waals surface area contributed by atoms with Gasteiger partial charge in [-0.2, -0.15) is 0 Å². The molecular weight excluding hydrogens is 204 g/mol. The second kappa shape index (κ2) is 3.21. The molecule has 0 bridgehead atoms. The average Bonchev–Trinajstić information content (AvgIpc) is 2.86. The molecule has 0 aliphatic heterocycles. The second-order valence-corrected chi connectivity index (χ2v) is 4.53. The quantitative estimate of drug-likeness (QED) is 0.633. The Morgan fingerprint density at radius 3 is 2.94 bits per heavy atom. The predicted molar refractivity (Wildman–Crippen MR) is 72.9 cm³/mol. The largest absolute Gasteiger partial charge is 0.0795 e. The minimum atomic E-state index is 1.02. The number of rotatable bonds is 0. The summed E-state index contributed by atoms with van der Waals surface area (Å²) in [6.07, 6.45) is 15.0. The van der Waals surface area contributed by atoms with E-state index in [0.29, 0.717) is 0 Å². The number of allylic oxidation sites excluding steroid dienone is 3. The fraction of sp³-hybridized carbons (Fsp3) is 0.0588. The third kappa shape index (κ3) is 1.18. The smallest absolute Gasteiger partial charge is 0.00818 e. The van der Waals surface area contributed by atoms with Crippen molar-refractivity contribution in [3.63, 3.8) is 0 Å². The lowest BCUT2D eigenvalue weighted by Crippen LogP contribution is -2.12. The summed E-state index contributed by atoms with van der Waals surface area (Å²) in [4.78, 5) is 0. The van der Waals surface area contributed by atoms with Crippen LogP contribution in [0.3, 0.4) is 0 Å². The van der Waals surface area contributed by atoms with Crippen molar-refractivity contribution >= 4 is 29.0 Å². The van der Waals surface area contributed by atoms with Gasteiger partial charge in [-0.15, -0.1) is 0 Å². The number of benzene rings is 2. The molecule has 0 N–H and O–H groups in total. The highest BCUT2D eigenvalue weighted by Crippen LogP contribution is 2.22. The van der Waals surface area contributed by atoms with Crippen LogP contribution < -0.4 is 10.4 Å². The molecule has 1 radical (unpaired) electrons. The molecule has 0 saturated carbocycles. The van der Waals surface area contributed by atoms with Crippen molar-refractivity contribution in [1.29, 1.82) is 0 Å². The van der Waals surface area contributed by atoms with E-state index in [4.69, 9.17) is 0 Å². The Morgan fingerprint density at radius 1 is 1.00 bits per heavy atom. The van der Waals surface area contributed by atoms with Crippen LogP contribution in [0.1, 0.15) is 11.1 Å². The molecule has 2 aliphatic carbocycles. The van der Waals surface area contributed by atoms with Gasteiger partial charge < -0.3 is 0 Å². The summed E-state index contributed by atoms with van der Waals surface area (Å²) in [7, 11) is 0. The molecule has 2 aromatic carbocycles. The molecule has 2 aromatic rings. The molecule has 0 aromatic heterocycles. The highest BCUT2D eigenvalue weighted by Gasteiger charge is 2.08. The first-order valence-electron chi connectivity index (χ1n) is 5.95. The van der Waals surface area contributed by atoms with Gasteiger partial charge in [-0.3, -0.25) is 0 Å². The van der Waals surface area contributed by atoms with Crippen LogP contribution in [0.2, 0.25) is 0 Å². The fourth-order valence-electron chi connectivity index (χ4n) is 2.77. The summed E-state index contributed by atoms with van der Waals surface area (Å²) >= 11 is 0. The monoisotopic (exact) mass is 215 g/mol. The van der Waals surface area contributed by atoms with Crippen LogP contribution in [-0.4, -0.2) is 0 Å². The molecular formula is C17H11. The lowest BCUT2D eigenvalue weighted by atomic mass is 9.94. The van der Waals surface area contributed by atoms with Gasteiger partial charge >= 0.3 is 0 Å². The van der Waals surface area contributed by atoms with Gasteiger partial charge in [0.15, 0.2) is 0 Å². The zero-order chi connectivity index (χ0) is 11.2. The van der Waals surface area contributed by atoms with E-state index in [1.165, 1.54) is 32.3 Å². The highest BCUT2D eigenvalue weighted by molar-refractivity contribution is 5.95. The summed E-state index contributed by atoms with van der Waals surface area (Å²) in [5.74, 6) is 0. The number of hydrogen-bond donors (Lipinski definition) is 0. The Kier molecular flexibility index (Phi) is 1.70. The third-order valence-corrected chi connectivity index (χ3v) is 3.61. The Labute approximate surface area is 99.9 Å². The zero-order valence-electron chi connectivity index (χ0n) is 9.40. The van der Waals surface area contributed by atoms with Gasteiger partial charge in [0, 0.05) is 0 Å². The van der Waals surface area contributed by atoms with Crippen molar-refractivity contribution in [2.24, 2.45) is 0 Å². The first kappa shape index (κ1) is 9.00. The minimum absolute atomic E-state index is 1.02. The van der Waals surface area contributed by atoms with Crippen LogP contribution in [0, 0.1) is 0 Å². The summed E-state index contributed by atoms with van der Waals surface area (Å²) in [5, 5.41) is 5.31. The maximum absolute atomic E-state index is 3.32. The SMILES string of the molecule is [C]1=c2ccc3c4c(ccc3c2CC=C1)=CC=C4. The maximum Gasteiger partial charge on any atom is -0.00818 e. The topological polar surface area (TPSA) is 0 Å². The molecule has 0 fully saturated rings. The van der Waals surface area contributed by atoms with Crippen molar-refractivity contribution < 1.29 is 0 Å². The van der Waals surface area contributed by atoms with E-state index in [1.54, 1.807) is 0 Å². The van der Waals surface area contributed by atoms with Crippen LogP contribution in [0.4, 0.5) is 0 Å². The van der Waals surface area contributed by atoms with Crippen molar-refractivity contribution in [3.05, 3.63) is 64.1 Å². The first-order valence-corrected chi connectivity index (χ1v) is 5.95. The van der Waals surface area contributed by atoms with Gasteiger partial charge in [0.1, 0.15) is 0 Å². The number of hydrogen-bond acceptors (Lipinski definition) is 0. The van der Waals surface area contributed by atoms with E-state index >= 15 is 0 Å². The molecule has 0 spiro atoms. The fourth-order valence-corrected chi connectivity index (χ4v) is 2.77. The van der Waals surface area contributed by atoms with Crippen molar-refractivity contribution in [2.75, 3.05) is 0 Å². The second-order valence-electron chi connectivity index (χ2n) is 4.53. The van der Waals surface area contributed by atoms with E-state index in [0.717, 1.165) is 6.42 Å². The normalized spacial score (nSPS) is 15.3. The molecule has 2 aliphatic rings. The van der Waals surface area contributed by atoms with Crippen LogP contribution >= 0.6 is 0 Å². The van der Waals surface area contributed by atoms with Crippen molar-refractivity contribution in [1.82, 2.24) is 0 Å². The molecule has 0 atom stereocenters. The molecule has 0 nitrogen and oxygen atoms in total. The van der Waals surface area contributed by atoms with Gasteiger partial charge in [-0.25, -0.2) is 0 Å². The summed E-state index contributed by atoms with van der Waals surface area (Å²) < 4.78 is 0. The summed E-state index contributed by atoms with van der Waals surface area (Å²) in [6, 6.07) is 8.88. The Morgan fingerprint density at radius 2 is 1.94 bits per heavy atom. The molecule has 0 saturated heterocycles. The van der Waals surface area contributed by atoms with Crippen LogP contribution in [0.5, 0.6) is 0 Å². The van der Waals surface area contributed by atoms with E-state index in [-0.39, 0.29) is 0 Å². The Balaban J connectivity index is 2.23. The van der Waals surface area contributed by atoms with Crippen LogP contribution in [0.15, 0.2) is 42.5 Å². The maximum atomic E-state index is 3.32. The molecule has 79 valence electrons. The third-order valence-electron chi connectivity index (χ3n) is 3.61. The Hall–Kier alpha value is -2.08. The number of fused-ring (bicyclic) bond motifs is 5. The highest BCUT2D eigenvalue weighted by atomic mass is 14.1. The predicted octanol–water partition coefficient (Wildman–Crippen LogP) is 2.42. The van der Waals surface area contributed by atoms with Gasteiger partial charge in [0.2, 0.25) is 0 Å². The van der Waals surface area contributed by atoms with Gasteiger partial charge in [-0.05, 0) is 44.8 Å². The van der Waals surface area contributed by atoms with Crippen molar-refractivity contribution in [2.45, 2.75) is 6.42 Å². The van der Waals surface area contributed by atoms with E-state index in [2.05, 4.69) is 54.6 Å². The molecule has 0 amide bonds. The summed E-state index contributed by atoms with van der Waals surface area (Å²) in [5.41, 5.74) is 2.77. The molecule has 0 heteroatoms. The van der Waals surface area contributed by atoms with Crippen LogP contribution in [-0.2, 0) is 6.42 Å². The van der Waals surface area contributed by atoms with E-state index < -0.39 is 0 Å². The van der Waals surface area contributed by atoms with E-state index in [1.807, 2.05) is 6.08 Å². The van der Waals surface area contributed by atoms with Gasteiger partial charge in [-0.1, -0.05) is 54.6 Å². The average molecular weight is 215 g/mol. The minimum Gasteiger partial charge on any atom is -0.0795 e. The Bertz CT molecular complexity index is 802. The molecule has 17 heavy (non-hydrogen) atoms. The molecule has 4 rings (SSSR count). The first-order chi connectivity index (χ1) is 8.43.